The smallest absolute Gasteiger partial charge is 0.337 e. The summed E-state index contributed by atoms with van der Waals surface area (Å²) in [5, 5.41) is 12.5. The van der Waals surface area contributed by atoms with E-state index in [1.807, 2.05) is 19.1 Å². The summed E-state index contributed by atoms with van der Waals surface area (Å²) in [7, 11) is 0. The molecule has 0 unspecified atom stereocenters. The van der Waals surface area contributed by atoms with Crippen LogP contribution in [0.4, 0.5) is 5.69 Å². The Hall–Kier alpha value is -1.51. The van der Waals surface area contributed by atoms with E-state index < -0.39 is 5.97 Å². The molecular formula is C14H21NO2. The van der Waals surface area contributed by atoms with Crippen molar-refractivity contribution in [3.05, 3.63) is 29.3 Å². The van der Waals surface area contributed by atoms with Crippen LogP contribution in [0, 0.1) is 6.92 Å². The number of carboxylic acid groups (broad SMARTS) is 1. The molecule has 0 amide bonds. The Balaban J connectivity index is 3.10. The van der Waals surface area contributed by atoms with Gasteiger partial charge in [0.15, 0.2) is 0 Å². The Morgan fingerprint density at radius 3 is 2.41 bits per heavy atom. The third-order valence-corrected chi connectivity index (χ3v) is 3.40. The van der Waals surface area contributed by atoms with E-state index in [-0.39, 0.29) is 5.54 Å². The van der Waals surface area contributed by atoms with Gasteiger partial charge in [-0.05, 0) is 38.8 Å². The van der Waals surface area contributed by atoms with Crippen molar-refractivity contribution in [3.8, 4) is 0 Å². The molecule has 0 aromatic heterocycles. The first-order valence-corrected chi connectivity index (χ1v) is 6.04. The number of hydrogen-bond donors (Lipinski definition) is 2. The fourth-order valence-electron chi connectivity index (χ4n) is 1.70. The molecule has 3 heteroatoms. The minimum absolute atomic E-state index is 0.0561. The number of carbonyl (C=O) groups is 1. The highest BCUT2D eigenvalue weighted by Gasteiger charge is 2.21. The van der Waals surface area contributed by atoms with Gasteiger partial charge in [-0.1, -0.05) is 25.5 Å². The van der Waals surface area contributed by atoms with Crippen LogP contribution >= 0.6 is 0 Å². The first kappa shape index (κ1) is 13.6. The lowest BCUT2D eigenvalue weighted by Crippen LogP contribution is -2.33. The molecule has 0 fully saturated rings. The van der Waals surface area contributed by atoms with E-state index in [1.54, 1.807) is 6.07 Å². The molecule has 0 radical (unpaired) electrons. The molecule has 0 saturated carbocycles. The number of nitrogens with one attached hydrogen (secondary N) is 1. The second-order valence-electron chi connectivity index (χ2n) is 4.75. The Morgan fingerprint density at radius 2 is 1.94 bits per heavy atom. The molecule has 17 heavy (non-hydrogen) atoms. The summed E-state index contributed by atoms with van der Waals surface area (Å²) in [6, 6.07) is 5.49. The molecule has 0 heterocycles. The van der Waals surface area contributed by atoms with E-state index in [2.05, 4.69) is 26.1 Å². The quantitative estimate of drug-likeness (QED) is 0.818. The molecule has 1 aromatic carbocycles. The number of aryl methyl sites for hydroxylation is 1. The Bertz CT molecular complexity index is 409. The van der Waals surface area contributed by atoms with Crippen LogP contribution < -0.4 is 5.32 Å². The van der Waals surface area contributed by atoms with Gasteiger partial charge in [-0.3, -0.25) is 0 Å². The molecule has 0 saturated heterocycles. The van der Waals surface area contributed by atoms with Crippen molar-refractivity contribution in [1.82, 2.24) is 0 Å². The highest BCUT2D eigenvalue weighted by molar-refractivity contribution is 5.94. The van der Waals surface area contributed by atoms with Crippen molar-refractivity contribution in [2.24, 2.45) is 0 Å². The number of hydrogen-bond acceptors (Lipinski definition) is 2. The Morgan fingerprint density at radius 1 is 1.35 bits per heavy atom. The lowest BCUT2D eigenvalue weighted by atomic mass is 9.94. The zero-order valence-electron chi connectivity index (χ0n) is 11.0. The highest BCUT2D eigenvalue weighted by Crippen LogP contribution is 2.25. The van der Waals surface area contributed by atoms with Gasteiger partial charge in [0.25, 0.3) is 0 Å². The van der Waals surface area contributed by atoms with Crippen molar-refractivity contribution >= 4 is 11.7 Å². The fourth-order valence-corrected chi connectivity index (χ4v) is 1.70. The summed E-state index contributed by atoms with van der Waals surface area (Å²) in [6.45, 7) is 8.21. The van der Waals surface area contributed by atoms with E-state index in [9.17, 15) is 9.90 Å². The van der Waals surface area contributed by atoms with Crippen LogP contribution in [0.25, 0.3) is 0 Å². The van der Waals surface area contributed by atoms with Crippen LogP contribution in [0.15, 0.2) is 18.2 Å². The van der Waals surface area contributed by atoms with E-state index >= 15 is 0 Å². The van der Waals surface area contributed by atoms with Gasteiger partial charge in [0.2, 0.25) is 0 Å². The SMILES string of the molecule is CCC(C)(CC)Nc1ccc(C)cc1C(=O)O. The molecule has 1 rings (SSSR count). The zero-order chi connectivity index (χ0) is 13.1. The van der Waals surface area contributed by atoms with E-state index in [4.69, 9.17) is 0 Å². The minimum Gasteiger partial charge on any atom is -0.478 e. The third-order valence-electron chi connectivity index (χ3n) is 3.40. The molecular weight excluding hydrogens is 214 g/mol. The van der Waals surface area contributed by atoms with E-state index in [0.29, 0.717) is 11.3 Å². The van der Waals surface area contributed by atoms with Gasteiger partial charge in [-0.15, -0.1) is 0 Å². The van der Waals surface area contributed by atoms with Crippen LogP contribution in [-0.4, -0.2) is 16.6 Å². The number of carboxylic acids is 1. The first-order valence-electron chi connectivity index (χ1n) is 6.04. The van der Waals surface area contributed by atoms with Crippen LogP contribution in [0.3, 0.4) is 0 Å². The maximum absolute atomic E-state index is 11.2. The van der Waals surface area contributed by atoms with Gasteiger partial charge in [0.1, 0.15) is 0 Å². The molecule has 3 nitrogen and oxygen atoms in total. The zero-order valence-corrected chi connectivity index (χ0v) is 11.0. The summed E-state index contributed by atoms with van der Waals surface area (Å²) >= 11 is 0. The topological polar surface area (TPSA) is 49.3 Å². The second kappa shape index (κ2) is 5.21. The minimum atomic E-state index is -0.884. The maximum atomic E-state index is 11.2. The normalized spacial score (nSPS) is 11.3. The van der Waals surface area contributed by atoms with Crippen LogP contribution in [-0.2, 0) is 0 Å². The maximum Gasteiger partial charge on any atom is 0.337 e. The predicted octanol–water partition coefficient (Wildman–Crippen LogP) is 3.68. The average molecular weight is 235 g/mol. The summed E-state index contributed by atoms with van der Waals surface area (Å²) in [6.07, 6.45) is 1.91. The van der Waals surface area contributed by atoms with Crippen LogP contribution in [0.2, 0.25) is 0 Å². The standard InChI is InChI=1S/C14H21NO2/c1-5-14(4,6-2)15-12-8-7-10(3)9-11(12)13(16)17/h7-9,15H,5-6H2,1-4H3,(H,16,17). The van der Waals surface area contributed by atoms with Crippen molar-refractivity contribution in [1.29, 1.82) is 0 Å². The second-order valence-corrected chi connectivity index (χ2v) is 4.75. The summed E-state index contributed by atoms with van der Waals surface area (Å²) in [5.74, 6) is -0.884. The first-order chi connectivity index (χ1) is 7.91. The summed E-state index contributed by atoms with van der Waals surface area (Å²) < 4.78 is 0. The van der Waals surface area contributed by atoms with Crippen molar-refractivity contribution < 1.29 is 9.90 Å². The van der Waals surface area contributed by atoms with Crippen molar-refractivity contribution in [2.45, 2.75) is 46.1 Å². The number of benzene rings is 1. The third kappa shape index (κ3) is 3.22. The van der Waals surface area contributed by atoms with Crippen molar-refractivity contribution in [3.63, 3.8) is 0 Å². The fraction of sp³-hybridized carbons (Fsp3) is 0.500. The lowest BCUT2D eigenvalue weighted by molar-refractivity contribution is 0.0697. The van der Waals surface area contributed by atoms with Crippen LogP contribution in [0.1, 0.15) is 49.5 Å². The molecule has 0 aliphatic rings. The number of rotatable bonds is 5. The van der Waals surface area contributed by atoms with Crippen molar-refractivity contribution in [2.75, 3.05) is 5.32 Å². The van der Waals surface area contributed by atoms with Crippen LogP contribution in [0.5, 0.6) is 0 Å². The number of aromatic carboxylic acids is 1. The van der Waals surface area contributed by atoms with Gasteiger partial charge in [-0.25, -0.2) is 4.79 Å². The molecule has 0 atom stereocenters. The van der Waals surface area contributed by atoms with Gasteiger partial charge in [-0.2, -0.15) is 0 Å². The van der Waals surface area contributed by atoms with E-state index in [1.165, 1.54) is 0 Å². The Kier molecular flexibility index (Phi) is 4.16. The molecule has 94 valence electrons. The van der Waals surface area contributed by atoms with Gasteiger partial charge in [0.05, 0.1) is 5.56 Å². The van der Waals surface area contributed by atoms with Gasteiger partial charge in [0, 0.05) is 11.2 Å². The molecule has 0 bridgehead atoms. The average Bonchev–Trinajstić information content (AvgIpc) is 2.31. The molecule has 2 N–H and O–H groups in total. The predicted molar refractivity (Wildman–Crippen MR) is 70.7 cm³/mol. The summed E-state index contributed by atoms with van der Waals surface area (Å²) in [4.78, 5) is 11.2. The molecule has 0 aliphatic carbocycles. The highest BCUT2D eigenvalue weighted by atomic mass is 16.4. The molecule has 0 aliphatic heterocycles. The molecule has 0 spiro atoms. The Labute approximate surface area is 103 Å². The molecule has 1 aromatic rings. The largest absolute Gasteiger partial charge is 0.478 e. The lowest BCUT2D eigenvalue weighted by Gasteiger charge is -2.30. The monoisotopic (exact) mass is 235 g/mol. The summed E-state index contributed by atoms with van der Waals surface area (Å²) in [5.41, 5.74) is 1.95. The van der Waals surface area contributed by atoms with E-state index in [0.717, 1.165) is 18.4 Å². The van der Waals surface area contributed by atoms with Gasteiger partial charge >= 0.3 is 5.97 Å². The van der Waals surface area contributed by atoms with Gasteiger partial charge < -0.3 is 10.4 Å². The number of anilines is 1.